The first-order valence-corrected chi connectivity index (χ1v) is 12.0. The molecule has 0 amide bonds. The summed E-state index contributed by atoms with van der Waals surface area (Å²) in [7, 11) is 0. The van der Waals surface area contributed by atoms with Crippen molar-refractivity contribution < 1.29 is 17.6 Å². The maximum Gasteiger partial charge on any atom is 0.266 e. The molecule has 0 N–H and O–H groups in total. The summed E-state index contributed by atoms with van der Waals surface area (Å²) in [6.45, 7) is 2.17. The van der Waals surface area contributed by atoms with E-state index in [9.17, 15) is 8.78 Å². The number of benzene rings is 1. The van der Waals surface area contributed by atoms with E-state index in [0.29, 0.717) is 35.3 Å². The first-order valence-electron chi connectivity index (χ1n) is 12.0. The quantitative estimate of drug-likeness (QED) is 0.418. The van der Waals surface area contributed by atoms with E-state index >= 15 is 8.78 Å². The van der Waals surface area contributed by atoms with Gasteiger partial charge in [-0.3, -0.25) is 0 Å². The topological polar surface area (TPSA) is 0 Å². The summed E-state index contributed by atoms with van der Waals surface area (Å²) >= 11 is 0. The average molecular weight is 423 g/mol. The Kier molecular flexibility index (Phi) is 6.89. The first kappa shape index (κ1) is 21.9. The Labute approximate surface area is 178 Å². The molecule has 0 aromatic heterocycles. The molecule has 0 heterocycles. The van der Waals surface area contributed by atoms with Gasteiger partial charge < -0.3 is 0 Å². The van der Waals surface area contributed by atoms with Gasteiger partial charge in [-0.2, -0.15) is 8.78 Å². The average Bonchev–Trinajstić information content (AvgIpc) is 2.74. The summed E-state index contributed by atoms with van der Waals surface area (Å²) in [5, 5.41) is 0. The predicted octanol–water partition coefficient (Wildman–Crippen LogP) is 8.34. The number of halogens is 4. The van der Waals surface area contributed by atoms with Crippen LogP contribution in [0.5, 0.6) is 0 Å². The highest BCUT2D eigenvalue weighted by molar-refractivity contribution is 5.38. The third kappa shape index (κ3) is 4.62. The van der Waals surface area contributed by atoms with Gasteiger partial charge in [-0.1, -0.05) is 32.3 Å². The van der Waals surface area contributed by atoms with Gasteiger partial charge >= 0.3 is 0 Å². The molecule has 0 spiro atoms. The normalized spacial score (nSPS) is 31.0. The van der Waals surface area contributed by atoms with Crippen LogP contribution in [0.3, 0.4) is 0 Å². The van der Waals surface area contributed by atoms with Gasteiger partial charge in [0.25, 0.3) is 6.08 Å². The van der Waals surface area contributed by atoms with Crippen LogP contribution in [-0.2, 0) is 12.8 Å². The number of aryl methyl sites for hydroxylation is 1. The number of allylic oxidation sites excluding steroid dienone is 1. The van der Waals surface area contributed by atoms with E-state index in [1.54, 1.807) is 0 Å². The number of hydrogen-bond acceptors (Lipinski definition) is 0. The van der Waals surface area contributed by atoms with Gasteiger partial charge in [0.2, 0.25) is 0 Å². The Morgan fingerprint density at radius 1 is 1.00 bits per heavy atom. The Morgan fingerprint density at radius 2 is 1.77 bits per heavy atom. The zero-order valence-corrected chi connectivity index (χ0v) is 18.0. The maximum absolute atomic E-state index is 15.1. The third-order valence-electron chi connectivity index (χ3n) is 8.16. The second-order valence-electron chi connectivity index (χ2n) is 10.0. The Hall–Kier alpha value is -1.32. The van der Waals surface area contributed by atoms with Crippen molar-refractivity contribution in [2.24, 2.45) is 23.7 Å². The molecule has 3 aliphatic rings. The van der Waals surface area contributed by atoms with Crippen LogP contribution in [0, 0.1) is 35.3 Å². The molecule has 0 aliphatic heterocycles. The Morgan fingerprint density at radius 3 is 2.53 bits per heavy atom. The van der Waals surface area contributed by atoms with Crippen molar-refractivity contribution in [3.8, 4) is 0 Å². The lowest BCUT2D eigenvalue weighted by Gasteiger charge is -2.42. The molecule has 1 aromatic carbocycles. The Balaban J connectivity index is 1.47. The highest BCUT2D eigenvalue weighted by Crippen LogP contribution is 2.49. The Bertz CT molecular complexity index is 780. The van der Waals surface area contributed by atoms with Crippen LogP contribution < -0.4 is 0 Å². The van der Waals surface area contributed by atoms with E-state index in [0.717, 1.165) is 82.3 Å². The summed E-state index contributed by atoms with van der Waals surface area (Å²) in [6.07, 6.45) is 10.7. The summed E-state index contributed by atoms with van der Waals surface area (Å²) < 4.78 is 55.4. The second kappa shape index (κ2) is 9.44. The lowest BCUT2D eigenvalue weighted by molar-refractivity contribution is 0.130. The van der Waals surface area contributed by atoms with Crippen LogP contribution in [0.15, 0.2) is 18.2 Å². The van der Waals surface area contributed by atoms with Gasteiger partial charge in [-0.15, -0.1) is 0 Å². The number of fused-ring (bicyclic) bond motifs is 2. The fourth-order valence-corrected chi connectivity index (χ4v) is 6.51. The summed E-state index contributed by atoms with van der Waals surface area (Å²) in [5.41, 5.74) is 2.22. The minimum atomic E-state index is -1.57. The van der Waals surface area contributed by atoms with Gasteiger partial charge in [0, 0.05) is 0 Å². The van der Waals surface area contributed by atoms with E-state index < -0.39 is 17.7 Å². The fraction of sp³-hybridized carbons (Fsp3) is 0.692. The van der Waals surface area contributed by atoms with E-state index in [1.165, 1.54) is 0 Å². The smallest absolute Gasteiger partial charge is 0.203 e. The first-order chi connectivity index (χ1) is 14.5. The van der Waals surface area contributed by atoms with Crippen molar-refractivity contribution in [2.75, 3.05) is 0 Å². The highest BCUT2D eigenvalue weighted by atomic mass is 19.3. The van der Waals surface area contributed by atoms with Gasteiger partial charge in [-0.05, 0) is 110 Å². The zero-order chi connectivity index (χ0) is 21.3. The minimum Gasteiger partial charge on any atom is -0.203 e. The predicted molar refractivity (Wildman–Crippen MR) is 113 cm³/mol. The summed E-state index contributed by atoms with van der Waals surface area (Å²) in [5.74, 6) is 0.197. The van der Waals surface area contributed by atoms with Crippen molar-refractivity contribution >= 4 is 0 Å². The van der Waals surface area contributed by atoms with E-state index in [2.05, 4.69) is 6.92 Å². The van der Waals surface area contributed by atoms with Gasteiger partial charge in [0.15, 0.2) is 11.6 Å². The molecular weight excluding hydrogens is 388 g/mol. The summed E-state index contributed by atoms with van der Waals surface area (Å²) in [4.78, 5) is 0. The molecule has 2 fully saturated rings. The largest absolute Gasteiger partial charge is 0.266 e. The molecule has 2 saturated carbocycles. The van der Waals surface area contributed by atoms with E-state index in [1.807, 2.05) is 6.07 Å². The van der Waals surface area contributed by atoms with E-state index in [4.69, 9.17) is 0 Å². The van der Waals surface area contributed by atoms with Gasteiger partial charge in [-0.25, -0.2) is 8.78 Å². The lowest BCUT2D eigenvalue weighted by atomic mass is 9.63. The third-order valence-corrected chi connectivity index (χ3v) is 8.16. The van der Waals surface area contributed by atoms with Crippen LogP contribution in [-0.4, -0.2) is 0 Å². The molecule has 4 heteroatoms. The van der Waals surface area contributed by atoms with Crippen LogP contribution in [0.2, 0.25) is 0 Å². The molecule has 5 atom stereocenters. The molecule has 0 bridgehead atoms. The molecule has 0 saturated heterocycles. The molecule has 166 valence electrons. The van der Waals surface area contributed by atoms with Crippen molar-refractivity contribution in [1.29, 1.82) is 0 Å². The summed E-state index contributed by atoms with van der Waals surface area (Å²) in [6, 6.07) is 1.97. The van der Waals surface area contributed by atoms with Crippen LogP contribution in [0.1, 0.15) is 93.7 Å². The maximum atomic E-state index is 15.1. The van der Waals surface area contributed by atoms with Crippen molar-refractivity contribution in [2.45, 2.75) is 89.9 Å². The van der Waals surface area contributed by atoms with Gasteiger partial charge in [0.05, 0.1) is 0 Å². The SMILES string of the molecule is CCCCC1CCc2cc(C3CCC4CC(C=C(F)F)CCC4C3)c(F)c(F)c2C1. The fourth-order valence-electron chi connectivity index (χ4n) is 6.51. The molecule has 3 aliphatic carbocycles. The van der Waals surface area contributed by atoms with Crippen LogP contribution in [0.25, 0.3) is 0 Å². The number of rotatable bonds is 5. The molecule has 30 heavy (non-hydrogen) atoms. The zero-order valence-electron chi connectivity index (χ0n) is 18.0. The highest BCUT2D eigenvalue weighted by Gasteiger charge is 2.37. The molecule has 5 unspecified atom stereocenters. The minimum absolute atomic E-state index is 0.0219. The monoisotopic (exact) mass is 422 g/mol. The molecule has 4 rings (SSSR count). The number of unbranched alkanes of at least 4 members (excludes halogenated alkanes) is 1. The molecular formula is C26H34F4. The van der Waals surface area contributed by atoms with Crippen LogP contribution in [0.4, 0.5) is 17.6 Å². The number of hydrogen-bond donors (Lipinski definition) is 0. The van der Waals surface area contributed by atoms with E-state index in [-0.39, 0.29) is 11.8 Å². The van der Waals surface area contributed by atoms with Crippen molar-refractivity contribution in [3.63, 3.8) is 0 Å². The lowest BCUT2D eigenvalue weighted by Crippen LogP contribution is -2.30. The van der Waals surface area contributed by atoms with Crippen molar-refractivity contribution in [3.05, 3.63) is 46.5 Å². The van der Waals surface area contributed by atoms with Gasteiger partial charge in [0.1, 0.15) is 0 Å². The molecule has 1 aromatic rings. The standard InChI is InChI=1S/C26H34F4/c1-2-3-4-16-5-8-21-15-23(26(30)25(29)22(21)12-16)20-10-9-18-11-17(13-24(27)28)6-7-19(18)14-20/h13,15-20H,2-12,14H2,1H3. The molecule has 0 radical (unpaired) electrons. The second-order valence-corrected chi connectivity index (χ2v) is 10.0. The molecule has 0 nitrogen and oxygen atoms in total. The van der Waals surface area contributed by atoms with Crippen LogP contribution >= 0.6 is 0 Å². The van der Waals surface area contributed by atoms with Crippen molar-refractivity contribution in [1.82, 2.24) is 0 Å².